The van der Waals surface area contributed by atoms with Crippen molar-refractivity contribution in [3.8, 4) is 0 Å². The maximum absolute atomic E-state index is 6.12. The molecule has 1 atom stereocenters. The molecule has 0 aromatic rings. The van der Waals surface area contributed by atoms with Gasteiger partial charge in [0, 0.05) is 25.5 Å². The Bertz CT molecular complexity index is 190. The van der Waals surface area contributed by atoms with Gasteiger partial charge in [-0.15, -0.1) is 0 Å². The van der Waals surface area contributed by atoms with Crippen LogP contribution in [0.3, 0.4) is 0 Å². The third-order valence-electron chi connectivity index (χ3n) is 2.45. The van der Waals surface area contributed by atoms with Crippen molar-refractivity contribution < 1.29 is 17.7 Å². The van der Waals surface area contributed by atoms with Crippen molar-refractivity contribution in [2.75, 3.05) is 26.4 Å². The predicted octanol–water partition coefficient (Wildman–Crippen LogP) is 1.29. The average molecular weight is 296 g/mol. The molecule has 18 heavy (non-hydrogen) atoms. The van der Waals surface area contributed by atoms with Crippen LogP contribution in [0.1, 0.15) is 27.2 Å². The summed E-state index contributed by atoms with van der Waals surface area (Å²) in [4.78, 5) is 0. The Morgan fingerprint density at radius 1 is 1.00 bits per heavy atom. The van der Waals surface area contributed by atoms with Gasteiger partial charge in [-0.1, -0.05) is 13.1 Å². The molecule has 1 unspecified atom stereocenters. The van der Waals surface area contributed by atoms with E-state index in [0.717, 1.165) is 6.42 Å². The van der Waals surface area contributed by atoms with E-state index in [1.807, 2.05) is 20.8 Å². The summed E-state index contributed by atoms with van der Waals surface area (Å²) in [5.41, 5.74) is 5.79. The molecule has 0 radical (unpaired) electrons. The first-order valence-corrected chi connectivity index (χ1v) is 11.5. The van der Waals surface area contributed by atoms with E-state index in [4.69, 9.17) is 23.4 Å². The Morgan fingerprint density at radius 2 is 1.44 bits per heavy atom. The van der Waals surface area contributed by atoms with Gasteiger partial charge in [-0.3, -0.25) is 0 Å². The van der Waals surface area contributed by atoms with E-state index in [2.05, 4.69) is 13.1 Å². The van der Waals surface area contributed by atoms with Crippen molar-refractivity contribution in [3.05, 3.63) is 0 Å². The van der Waals surface area contributed by atoms with Gasteiger partial charge in [0.15, 0.2) is 0 Å². The topological polar surface area (TPSA) is 62.9 Å². The van der Waals surface area contributed by atoms with Crippen LogP contribution in [-0.2, 0) is 17.7 Å². The molecule has 0 aliphatic rings. The van der Waals surface area contributed by atoms with Gasteiger partial charge >= 0.3 is 9.05 Å². The van der Waals surface area contributed by atoms with E-state index in [1.54, 1.807) is 0 Å². The maximum Gasteiger partial charge on any atom is 0.679 e. The first kappa shape index (κ1) is 18.2. The summed E-state index contributed by atoms with van der Waals surface area (Å²) in [7, 11) is -3.96. The number of nitrogens with two attached hydrogens (primary N) is 1. The Balaban J connectivity index is 4.78. The molecule has 0 aromatic carbocycles. The summed E-state index contributed by atoms with van der Waals surface area (Å²) < 4.78 is 23.2. The van der Waals surface area contributed by atoms with Gasteiger partial charge in [-0.05, 0) is 33.7 Å². The van der Waals surface area contributed by atoms with Crippen molar-refractivity contribution in [1.29, 1.82) is 0 Å². The summed E-state index contributed by atoms with van der Waals surface area (Å²) >= 11 is 0. The Labute approximate surface area is 114 Å². The van der Waals surface area contributed by atoms with Crippen LogP contribution < -0.4 is 5.73 Å². The fraction of sp³-hybridized carbons (Fsp3) is 1.00. The Kier molecular flexibility index (Phi) is 10.2. The highest BCUT2D eigenvalue weighted by molar-refractivity contribution is 6.60. The van der Waals surface area contributed by atoms with E-state index in [0.29, 0.717) is 26.4 Å². The molecule has 0 saturated heterocycles. The first-order chi connectivity index (χ1) is 8.55. The molecule has 7 heteroatoms. The zero-order chi connectivity index (χ0) is 14.0. The Hall–Kier alpha value is 0.234. The quantitative estimate of drug-likeness (QED) is 0.582. The van der Waals surface area contributed by atoms with Gasteiger partial charge in [0.25, 0.3) is 0 Å². The second-order valence-corrected chi connectivity index (χ2v) is 9.61. The molecule has 0 amide bonds. The summed E-state index contributed by atoms with van der Waals surface area (Å²) in [6, 6.07) is 0. The van der Waals surface area contributed by atoms with Gasteiger partial charge in [0.05, 0.1) is 8.80 Å². The lowest BCUT2D eigenvalue weighted by Gasteiger charge is -2.32. The number of hydrogen-bond donors (Lipinski definition) is 1. The van der Waals surface area contributed by atoms with Crippen LogP contribution in [0.5, 0.6) is 0 Å². The second kappa shape index (κ2) is 10.1. The fourth-order valence-corrected chi connectivity index (χ4v) is 6.09. The van der Waals surface area contributed by atoms with Crippen LogP contribution in [0.15, 0.2) is 0 Å². The van der Waals surface area contributed by atoms with Crippen molar-refractivity contribution in [1.82, 2.24) is 0 Å². The molecular formula is C11H29NO4Si2. The molecule has 0 rings (SSSR count). The summed E-state index contributed by atoms with van der Waals surface area (Å²) in [5, 5.41) is 0. The van der Waals surface area contributed by atoms with Crippen LogP contribution in [0.25, 0.3) is 0 Å². The standard InChI is InChI=1S/C11H29NO4Si2/c1-6-13-18(14-7-2,15-8-3)16-11(9-10-12)17(4)5/h11,17H,6-10,12H2,1-5H3. The normalized spacial score (nSPS) is 14.2. The predicted molar refractivity (Wildman–Crippen MR) is 78.1 cm³/mol. The summed E-state index contributed by atoms with van der Waals surface area (Å²) in [6.45, 7) is 12.5. The first-order valence-electron chi connectivity index (χ1n) is 6.84. The third-order valence-corrected chi connectivity index (χ3v) is 7.20. The molecule has 0 saturated carbocycles. The summed E-state index contributed by atoms with van der Waals surface area (Å²) in [5.74, 6) is 0. The van der Waals surface area contributed by atoms with Crippen LogP contribution in [0.4, 0.5) is 0 Å². The zero-order valence-corrected chi connectivity index (χ0v) is 14.6. The van der Waals surface area contributed by atoms with Crippen LogP contribution in [-0.4, -0.2) is 49.9 Å². The molecule has 110 valence electrons. The van der Waals surface area contributed by atoms with Crippen LogP contribution in [0, 0.1) is 0 Å². The summed E-state index contributed by atoms with van der Waals surface area (Å²) in [6.07, 6.45) is 0.839. The molecule has 0 aromatic heterocycles. The molecule has 0 aliphatic carbocycles. The van der Waals surface area contributed by atoms with Crippen LogP contribution >= 0.6 is 0 Å². The Morgan fingerprint density at radius 3 is 1.72 bits per heavy atom. The van der Waals surface area contributed by atoms with Crippen molar-refractivity contribution in [2.45, 2.75) is 46.0 Å². The van der Waals surface area contributed by atoms with E-state index < -0.39 is 17.8 Å². The van der Waals surface area contributed by atoms with Crippen molar-refractivity contribution >= 4 is 17.8 Å². The number of rotatable bonds is 11. The largest absolute Gasteiger partial charge is 0.679 e. The fourth-order valence-electron chi connectivity index (χ4n) is 1.64. The molecule has 5 nitrogen and oxygen atoms in total. The van der Waals surface area contributed by atoms with E-state index >= 15 is 0 Å². The monoisotopic (exact) mass is 295 g/mol. The van der Waals surface area contributed by atoms with E-state index in [-0.39, 0.29) is 5.73 Å². The second-order valence-electron chi connectivity index (χ2n) is 4.28. The van der Waals surface area contributed by atoms with Gasteiger partial charge in [0.2, 0.25) is 0 Å². The van der Waals surface area contributed by atoms with Gasteiger partial charge in [-0.2, -0.15) is 0 Å². The van der Waals surface area contributed by atoms with Crippen LogP contribution in [0.2, 0.25) is 13.1 Å². The molecule has 0 spiro atoms. The lowest BCUT2D eigenvalue weighted by Crippen LogP contribution is -2.54. The molecular weight excluding hydrogens is 266 g/mol. The lowest BCUT2D eigenvalue weighted by atomic mass is 10.5. The molecule has 0 aliphatic heterocycles. The minimum absolute atomic E-state index is 0.145. The van der Waals surface area contributed by atoms with Gasteiger partial charge in [-0.25, -0.2) is 0 Å². The van der Waals surface area contributed by atoms with E-state index in [1.165, 1.54) is 0 Å². The number of hydrogen-bond acceptors (Lipinski definition) is 5. The minimum Gasteiger partial charge on any atom is -0.352 e. The van der Waals surface area contributed by atoms with Crippen molar-refractivity contribution in [3.63, 3.8) is 0 Å². The zero-order valence-electron chi connectivity index (χ0n) is 12.4. The highest BCUT2D eigenvalue weighted by Gasteiger charge is 2.47. The average Bonchev–Trinajstić information content (AvgIpc) is 2.29. The lowest BCUT2D eigenvalue weighted by molar-refractivity contribution is -0.0366. The molecule has 2 N–H and O–H groups in total. The van der Waals surface area contributed by atoms with Gasteiger partial charge < -0.3 is 23.4 Å². The minimum atomic E-state index is -2.98. The van der Waals surface area contributed by atoms with Gasteiger partial charge in [0.1, 0.15) is 0 Å². The highest BCUT2D eigenvalue weighted by Crippen LogP contribution is 2.17. The highest BCUT2D eigenvalue weighted by atomic mass is 28.4. The molecule has 0 bridgehead atoms. The molecule has 0 fully saturated rings. The molecule has 0 heterocycles. The SMILES string of the molecule is CCO[Si](OCC)(OCC)OC(CCN)[SiH](C)C. The maximum atomic E-state index is 6.12. The smallest absolute Gasteiger partial charge is 0.352 e. The van der Waals surface area contributed by atoms with E-state index in [9.17, 15) is 0 Å². The third kappa shape index (κ3) is 6.41. The van der Waals surface area contributed by atoms with Crippen molar-refractivity contribution in [2.24, 2.45) is 5.73 Å².